The average Bonchev–Trinajstić information content (AvgIpc) is 2.26. The van der Waals surface area contributed by atoms with Crippen molar-refractivity contribution < 1.29 is 8.42 Å². The number of hydrogen-bond donors (Lipinski definition) is 2. The second-order valence-electron chi connectivity index (χ2n) is 5.00. The molecule has 0 bridgehead atoms. The minimum Gasteiger partial charge on any atom is -0.370 e. The summed E-state index contributed by atoms with van der Waals surface area (Å²) in [5, 5.41) is 2.95. The smallest absolute Gasteiger partial charge is 0.193 e. The molecule has 1 aromatic rings. The Bertz CT molecular complexity index is 569. The van der Waals surface area contributed by atoms with Gasteiger partial charge in [0.2, 0.25) is 0 Å². The van der Waals surface area contributed by atoms with Crippen LogP contribution in [0.5, 0.6) is 0 Å². The number of aliphatic imine (C=N–C) groups is 1. The first-order valence-corrected chi connectivity index (χ1v) is 8.14. The van der Waals surface area contributed by atoms with Crippen LogP contribution in [0.3, 0.4) is 0 Å². The van der Waals surface area contributed by atoms with Crippen molar-refractivity contribution in [2.24, 2.45) is 10.7 Å². The zero-order valence-electron chi connectivity index (χ0n) is 11.4. The van der Waals surface area contributed by atoms with Gasteiger partial charge in [-0.3, -0.25) is 4.99 Å². The van der Waals surface area contributed by atoms with Crippen molar-refractivity contribution in [1.29, 1.82) is 0 Å². The average molecular weight is 409 g/mol. The quantitative estimate of drug-likeness (QED) is 0.453. The molecule has 0 amide bonds. The van der Waals surface area contributed by atoms with E-state index in [4.69, 9.17) is 5.73 Å². The molecule has 0 aliphatic heterocycles. The summed E-state index contributed by atoms with van der Waals surface area (Å²) < 4.78 is 22.9. The van der Waals surface area contributed by atoms with E-state index in [0.29, 0.717) is 12.8 Å². The van der Waals surface area contributed by atoms with Crippen molar-refractivity contribution in [2.75, 3.05) is 18.1 Å². The van der Waals surface area contributed by atoms with E-state index in [-0.39, 0.29) is 36.5 Å². The van der Waals surface area contributed by atoms with Gasteiger partial charge >= 0.3 is 0 Å². The molecule has 20 heavy (non-hydrogen) atoms. The molecule has 0 unspecified atom stereocenters. The number of halogens is 1. The summed E-state index contributed by atoms with van der Waals surface area (Å²) in [6.07, 6.45) is 3.57. The highest BCUT2D eigenvalue weighted by Crippen LogP contribution is 2.39. The molecule has 5 nitrogen and oxygen atoms in total. The molecule has 2 rings (SSSR count). The van der Waals surface area contributed by atoms with Crippen molar-refractivity contribution in [3.05, 3.63) is 30.3 Å². The molecule has 0 atom stereocenters. The van der Waals surface area contributed by atoms with Crippen molar-refractivity contribution in [1.82, 2.24) is 0 Å². The molecule has 0 aromatic heterocycles. The maximum atomic E-state index is 11.8. The summed E-state index contributed by atoms with van der Waals surface area (Å²) in [5.74, 6) is 0.251. The van der Waals surface area contributed by atoms with Crippen LogP contribution in [0.4, 0.5) is 5.69 Å². The molecular weight excluding hydrogens is 389 g/mol. The van der Waals surface area contributed by atoms with Crippen molar-refractivity contribution >= 4 is 45.5 Å². The summed E-state index contributed by atoms with van der Waals surface area (Å²) >= 11 is 0. The first kappa shape index (κ1) is 17.2. The Labute approximate surface area is 137 Å². The van der Waals surface area contributed by atoms with Crippen LogP contribution in [-0.2, 0) is 9.84 Å². The van der Waals surface area contributed by atoms with E-state index in [9.17, 15) is 8.42 Å². The second kappa shape index (κ2) is 6.75. The lowest BCUT2D eigenvalue weighted by Gasteiger charge is -2.38. The summed E-state index contributed by atoms with van der Waals surface area (Å²) in [4.78, 5) is 4.18. The molecule has 1 saturated carbocycles. The van der Waals surface area contributed by atoms with E-state index in [2.05, 4.69) is 10.3 Å². The van der Waals surface area contributed by atoms with Gasteiger partial charge in [0, 0.05) is 11.9 Å². The van der Waals surface area contributed by atoms with E-state index < -0.39 is 14.6 Å². The number of nitrogens with one attached hydrogen (secondary N) is 1. The highest BCUT2D eigenvalue weighted by atomic mass is 127. The van der Waals surface area contributed by atoms with Crippen molar-refractivity contribution in [3.8, 4) is 0 Å². The Hall–Kier alpha value is -0.830. The number of anilines is 1. The number of rotatable bonds is 4. The van der Waals surface area contributed by atoms with E-state index >= 15 is 0 Å². The normalized spacial score (nSPS) is 17.8. The molecule has 0 heterocycles. The van der Waals surface area contributed by atoms with Gasteiger partial charge < -0.3 is 11.1 Å². The van der Waals surface area contributed by atoms with E-state index in [1.165, 1.54) is 6.26 Å². The SMILES string of the molecule is CS(=O)(=O)C1(CN=C(N)Nc2ccccc2)CCC1.I. The summed E-state index contributed by atoms with van der Waals surface area (Å²) in [6, 6.07) is 9.43. The zero-order chi connectivity index (χ0) is 13.9. The van der Waals surface area contributed by atoms with E-state index in [1.807, 2.05) is 30.3 Å². The van der Waals surface area contributed by atoms with Gasteiger partial charge in [-0.15, -0.1) is 24.0 Å². The third kappa shape index (κ3) is 3.85. The topological polar surface area (TPSA) is 84.5 Å². The van der Waals surface area contributed by atoms with Gasteiger partial charge in [-0.05, 0) is 25.0 Å². The maximum absolute atomic E-state index is 11.8. The summed E-state index contributed by atoms with van der Waals surface area (Å²) in [7, 11) is -3.09. The maximum Gasteiger partial charge on any atom is 0.193 e. The number of para-hydroxylation sites is 1. The minimum atomic E-state index is -3.09. The van der Waals surface area contributed by atoms with Crippen LogP contribution in [0.25, 0.3) is 0 Å². The number of sulfone groups is 1. The minimum absolute atomic E-state index is 0. The summed E-state index contributed by atoms with van der Waals surface area (Å²) in [6.45, 7) is 0.234. The third-order valence-electron chi connectivity index (χ3n) is 3.64. The first-order chi connectivity index (χ1) is 8.93. The van der Waals surface area contributed by atoms with Crippen molar-refractivity contribution in [3.63, 3.8) is 0 Å². The monoisotopic (exact) mass is 409 g/mol. The van der Waals surface area contributed by atoms with Crippen LogP contribution in [0.15, 0.2) is 35.3 Å². The number of nitrogens with zero attached hydrogens (tertiary/aromatic N) is 1. The van der Waals surface area contributed by atoms with Crippen LogP contribution in [0.1, 0.15) is 19.3 Å². The predicted octanol–water partition coefficient (Wildman–Crippen LogP) is 2.00. The Morgan fingerprint density at radius 3 is 2.40 bits per heavy atom. The fraction of sp³-hybridized carbons (Fsp3) is 0.462. The third-order valence-corrected chi connectivity index (χ3v) is 5.75. The zero-order valence-corrected chi connectivity index (χ0v) is 14.5. The fourth-order valence-corrected chi connectivity index (χ4v) is 3.48. The highest BCUT2D eigenvalue weighted by Gasteiger charge is 2.46. The van der Waals surface area contributed by atoms with Gasteiger partial charge in [-0.1, -0.05) is 24.6 Å². The van der Waals surface area contributed by atoms with E-state index in [1.54, 1.807) is 0 Å². The Kier molecular flexibility index (Phi) is 5.81. The Morgan fingerprint density at radius 2 is 1.95 bits per heavy atom. The number of hydrogen-bond acceptors (Lipinski definition) is 3. The second-order valence-corrected chi connectivity index (χ2v) is 7.41. The van der Waals surface area contributed by atoms with Gasteiger partial charge in [0.15, 0.2) is 15.8 Å². The fourth-order valence-electron chi connectivity index (χ4n) is 2.16. The molecule has 0 radical (unpaired) electrons. The lowest BCUT2D eigenvalue weighted by Crippen LogP contribution is -2.48. The van der Waals surface area contributed by atoms with Gasteiger partial charge in [0.25, 0.3) is 0 Å². The largest absolute Gasteiger partial charge is 0.370 e. The van der Waals surface area contributed by atoms with Crippen LogP contribution in [0, 0.1) is 0 Å². The molecule has 0 spiro atoms. The number of nitrogens with two attached hydrogens (primary N) is 1. The van der Waals surface area contributed by atoms with Gasteiger partial charge in [0.1, 0.15) is 0 Å². The van der Waals surface area contributed by atoms with Crippen LogP contribution in [-0.4, -0.2) is 31.9 Å². The van der Waals surface area contributed by atoms with Crippen molar-refractivity contribution in [2.45, 2.75) is 24.0 Å². The summed E-state index contributed by atoms with van der Waals surface area (Å²) in [5.41, 5.74) is 6.62. The van der Waals surface area contributed by atoms with Crippen LogP contribution in [0.2, 0.25) is 0 Å². The molecule has 0 saturated heterocycles. The standard InChI is InChI=1S/C13H19N3O2S.HI/c1-19(17,18)13(8-5-9-13)10-15-12(14)16-11-6-3-2-4-7-11;/h2-4,6-7H,5,8-10H2,1H3,(H3,14,15,16);1H. The lowest BCUT2D eigenvalue weighted by molar-refractivity contribution is 0.347. The molecule has 7 heteroatoms. The van der Waals surface area contributed by atoms with Gasteiger partial charge in [0.05, 0.1) is 11.3 Å². The number of benzene rings is 1. The number of guanidine groups is 1. The molecule has 3 N–H and O–H groups in total. The highest BCUT2D eigenvalue weighted by molar-refractivity contribution is 14.0. The Morgan fingerprint density at radius 1 is 1.35 bits per heavy atom. The molecule has 1 fully saturated rings. The van der Waals surface area contributed by atoms with E-state index in [0.717, 1.165) is 12.1 Å². The molecular formula is C13H20IN3O2S. The lowest BCUT2D eigenvalue weighted by atomic mass is 9.84. The first-order valence-electron chi connectivity index (χ1n) is 6.25. The van der Waals surface area contributed by atoms with Crippen LogP contribution >= 0.6 is 24.0 Å². The molecule has 1 aromatic carbocycles. The predicted molar refractivity (Wildman–Crippen MR) is 93.4 cm³/mol. The molecule has 1 aliphatic carbocycles. The van der Waals surface area contributed by atoms with Crippen LogP contribution < -0.4 is 11.1 Å². The molecule has 112 valence electrons. The van der Waals surface area contributed by atoms with Gasteiger partial charge in [-0.25, -0.2) is 8.42 Å². The Balaban J connectivity index is 0.00000200. The molecule has 1 aliphatic rings. The van der Waals surface area contributed by atoms with Gasteiger partial charge in [-0.2, -0.15) is 0 Å².